The second-order valence-corrected chi connectivity index (χ2v) is 5.37. The van der Waals surface area contributed by atoms with Crippen LogP contribution in [0.15, 0.2) is 28.8 Å². The van der Waals surface area contributed by atoms with Gasteiger partial charge in [-0.05, 0) is 30.7 Å². The summed E-state index contributed by atoms with van der Waals surface area (Å²) in [5.41, 5.74) is 2.13. The normalized spacial score (nSPS) is 11.2. The maximum atomic E-state index is 5.95. The fraction of sp³-hybridized carbons (Fsp3) is 0.400. The lowest BCUT2D eigenvalue weighted by atomic mass is 10.1. The molecular weight excluding hydrogens is 260 g/mol. The molecule has 0 atom stereocenters. The monoisotopic (exact) mass is 278 g/mol. The van der Waals surface area contributed by atoms with Crippen molar-refractivity contribution in [3.05, 3.63) is 40.9 Å². The maximum absolute atomic E-state index is 5.95. The van der Waals surface area contributed by atoms with Crippen molar-refractivity contribution >= 4 is 11.6 Å². The minimum absolute atomic E-state index is 0.480. The molecule has 0 fully saturated rings. The SMILES string of the molecule is Cc1cc(Cl)ccc1-c1cnc(CCNC(C)C)o1. The Kier molecular flexibility index (Phi) is 4.61. The van der Waals surface area contributed by atoms with Gasteiger partial charge in [-0.1, -0.05) is 25.4 Å². The van der Waals surface area contributed by atoms with E-state index in [0.717, 1.165) is 40.8 Å². The minimum atomic E-state index is 0.480. The average Bonchev–Trinajstić information content (AvgIpc) is 2.77. The van der Waals surface area contributed by atoms with Crippen LogP contribution in [0.2, 0.25) is 5.02 Å². The van der Waals surface area contributed by atoms with Crippen molar-refractivity contribution in [3.63, 3.8) is 0 Å². The topological polar surface area (TPSA) is 38.1 Å². The van der Waals surface area contributed by atoms with Crippen LogP contribution in [0.1, 0.15) is 25.3 Å². The molecule has 0 radical (unpaired) electrons. The molecule has 1 heterocycles. The van der Waals surface area contributed by atoms with Gasteiger partial charge < -0.3 is 9.73 Å². The summed E-state index contributed by atoms with van der Waals surface area (Å²) >= 11 is 5.95. The number of oxazole rings is 1. The maximum Gasteiger partial charge on any atom is 0.196 e. The molecule has 0 unspecified atom stereocenters. The van der Waals surface area contributed by atoms with Gasteiger partial charge >= 0.3 is 0 Å². The summed E-state index contributed by atoms with van der Waals surface area (Å²) in [6.07, 6.45) is 2.58. The lowest BCUT2D eigenvalue weighted by Crippen LogP contribution is -2.24. The van der Waals surface area contributed by atoms with E-state index >= 15 is 0 Å². The summed E-state index contributed by atoms with van der Waals surface area (Å²) in [5.74, 6) is 1.56. The van der Waals surface area contributed by atoms with E-state index in [2.05, 4.69) is 24.1 Å². The van der Waals surface area contributed by atoms with E-state index < -0.39 is 0 Å². The molecule has 0 aliphatic rings. The molecule has 1 aromatic heterocycles. The van der Waals surface area contributed by atoms with Crippen molar-refractivity contribution in [3.8, 4) is 11.3 Å². The first-order chi connectivity index (χ1) is 9.06. The van der Waals surface area contributed by atoms with Gasteiger partial charge in [0.2, 0.25) is 0 Å². The molecule has 19 heavy (non-hydrogen) atoms. The standard InChI is InChI=1S/C15H19ClN2O/c1-10(2)17-7-6-15-18-9-14(19-15)13-5-4-12(16)8-11(13)3/h4-5,8-10,17H,6-7H2,1-3H3. The molecule has 2 aromatic rings. The van der Waals surface area contributed by atoms with Gasteiger partial charge in [0.1, 0.15) is 0 Å². The largest absolute Gasteiger partial charge is 0.441 e. The van der Waals surface area contributed by atoms with Crippen LogP contribution in [0.4, 0.5) is 0 Å². The zero-order valence-corrected chi connectivity index (χ0v) is 12.3. The number of rotatable bonds is 5. The van der Waals surface area contributed by atoms with Crippen molar-refractivity contribution < 1.29 is 4.42 Å². The molecule has 1 N–H and O–H groups in total. The Labute approximate surface area is 119 Å². The van der Waals surface area contributed by atoms with Crippen LogP contribution in [0, 0.1) is 6.92 Å². The lowest BCUT2D eigenvalue weighted by Gasteiger charge is -2.05. The third-order valence-electron chi connectivity index (χ3n) is 2.90. The van der Waals surface area contributed by atoms with Crippen LogP contribution < -0.4 is 5.32 Å². The zero-order chi connectivity index (χ0) is 13.8. The molecular formula is C15H19ClN2O. The smallest absolute Gasteiger partial charge is 0.196 e. The average molecular weight is 279 g/mol. The van der Waals surface area contributed by atoms with Crippen LogP contribution in [-0.4, -0.2) is 17.6 Å². The van der Waals surface area contributed by atoms with Gasteiger partial charge in [-0.25, -0.2) is 4.98 Å². The predicted octanol–water partition coefficient (Wildman–Crippen LogP) is 3.84. The second kappa shape index (κ2) is 6.22. The van der Waals surface area contributed by atoms with E-state index in [-0.39, 0.29) is 0 Å². The van der Waals surface area contributed by atoms with Crippen molar-refractivity contribution in [2.75, 3.05) is 6.54 Å². The van der Waals surface area contributed by atoms with Gasteiger partial charge in [0.05, 0.1) is 6.20 Å². The summed E-state index contributed by atoms with van der Waals surface area (Å²) in [6.45, 7) is 7.14. The van der Waals surface area contributed by atoms with E-state index in [4.69, 9.17) is 16.0 Å². The third-order valence-corrected chi connectivity index (χ3v) is 3.13. The van der Waals surface area contributed by atoms with Crippen LogP contribution >= 0.6 is 11.6 Å². The fourth-order valence-electron chi connectivity index (χ4n) is 1.92. The van der Waals surface area contributed by atoms with Gasteiger partial charge in [-0.15, -0.1) is 0 Å². The van der Waals surface area contributed by atoms with E-state index in [9.17, 15) is 0 Å². The summed E-state index contributed by atoms with van der Waals surface area (Å²) in [4.78, 5) is 4.31. The molecule has 4 heteroatoms. The molecule has 0 aliphatic heterocycles. The lowest BCUT2D eigenvalue weighted by molar-refractivity contribution is 0.484. The van der Waals surface area contributed by atoms with Gasteiger partial charge in [-0.2, -0.15) is 0 Å². The van der Waals surface area contributed by atoms with E-state index in [1.807, 2.05) is 25.1 Å². The quantitative estimate of drug-likeness (QED) is 0.903. The molecule has 0 saturated carbocycles. The molecule has 0 aliphatic carbocycles. The summed E-state index contributed by atoms with van der Waals surface area (Å²) in [6, 6.07) is 6.24. The molecule has 3 nitrogen and oxygen atoms in total. The van der Waals surface area contributed by atoms with Crippen molar-refractivity contribution in [1.82, 2.24) is 10.3 Å². The number of halogens is 1. The molecule has 1 aromatic carbocycles. The van der Waals surface area contributed by atoms with E-state index in [0.29, 0.717) is 6.04 Å². The van der Waals surface area contributed by atoms with Gasteiger partial charge in [0.15, 0.2) is 11.7 Å². The van der Waals surface area contributed by atoms with Gasteiger partial charge in [0, 0.05) is 29.6 Å². The number of hydrogen-bond acceptors (Lipinski definition) is 3. The minimum Gasteiger partial charge on any atom is -0.441 e. The highest BCUT2D eigenvalue weighted by molar-refractivity contribution is 6.30. The predicted molar refractivity (Wildman–Crippen MR) is 78.5 cm³/mol. The first kappa shape index (κ1) is 14.1. The molecule has 0 amide bonds. The number of nitrogens with zero attached hydrogens (tertiary/aromatic N) is 1. The first-order valence-corrected chi connectivity index (χ1v) is 6.88. The third kappa shape index (κ3) is 3.82. The number of nitrogens with one attached hydrogen (secondary N) is 1. The Balaban J connectivity index is 2.08. The summed E-state index contributed by atoms with van der Waals surface area (Å²) in [7, 11) is 0. The number of aromatic nitrogens is 1. The van der Waals surface area contributed by atoms with Crippen molar-refractivity contribution in [2.24, 2.45) is 0 Å². The van der Waals surface area contributed by atoms with Crippen LogP contribution in [0.3, 0.4) is 0 Å². The molecule has 102 valence electrons. The van der Waals surface area contributed by atoms with Crippen LogP contribution in [-0.2, 0) is 6.42 Å². The van der Waals surface area contributed by atoms with E-state index in [1.54, 1.807) is 6.20 Å². The Morgan fingerprint density at radius 2 is 2.16 bits per heavy atom. The van der Waals surface area contributed by atoms with Crippen molar-refractivity contribution in [2.45, 2.75) is 33.2 Å². The van der Waals surface area contributed by atoms with Crippen LogP contribution in [0.5, 0.6) is 0 Å². The van der Waals surface area contributed by atoms with Gasteiger partial charge in [0.25, 0.3) is 0 Å². The van der Waals surface area contributed by atoms with E-state index in [1.165, 1.54) is 0 Å². The Hall–Kier alpha value is -1.32. The number of benzene rings is 1. The molecule has 0 spiro atoms. The Morgan fingerprint density at radius 3 is 2.84 bits per heavy atom. The highest BCUT2D eigenvalue weighted by Crippen LogP contribution is 2.26. The Bertz CT molecular complexity index is 549. The molecule has 0 bridgehead atoms. The van der Waals surface area contributed by atoms with Crippen molar-refractivity contribution in [1.29, 1.82) is 0 Å². The molecule has 0 saturated heterocycles. The Morgan fingerprint density at radius 1 is 1.37 bits per heavy atom. The van der Waals surface area contributed by atoms with Gasteiger partial charge in [-0.3, -0.25) is 0 Å². The number of hydrogen-bond donors (Lipinski definition) is 1. The highest BCUT2D eigenvalue weighted by Gasteiger charge is 2.09. The number of aryl methyl sites for hydroxylation is 1. The highest BCUT2D eigenvalue weighted by atomic mass is 35.5. The summed E-state index contributed by atoms with van der Waals surface area (Å²) in [5, 5.41) is 4.08. The first-order valence-electron chi connectivity index (χ1n) is 6.51. The van der Waals surface area contributed by atoms with Crippen LogP contribution in [0.25, 0.3) is 11.3 Å². The second-order valence-electron chi connectivity index (χ2n) is 4.94. The fourth-order valence-corrected chi connectivity index (χ4v) is 2.15. The summed E-state index contributed by atoms with van der Waals surface area (Å²) < 4.78 is 5.78. The molecule has 2 rings (SSSR count). The zero-order valence-electron chi connectivity index (χ0n) is 11.5.